The Morgan fingerprint density at radius 3 is 2.42 bits per heavy atom. The molecule has 142 valence electrons. The van der Waals surface area contributed by atoms with Gasteiger partial charge in [0.1, 0.15) is 5.75 Å². The molecule has 0 saturated carbocycles. The number of likely N-dealkylation sites (tertiary alicyclic amines) is 1. The van der Waals surface area contributed by atoms with Gasteiger partial charge < -0.3 is 9.64 Å². The van der Waals surface area contributed by atoms with Crippen LogP contribution in [0.5, 0.6) is 5.75 Å². The molecule has 1 aromatic carbocycles. The lowest BCUT2D eigenvalue weighted by molar-refractivity contribution is 0.258. The molecule has 0 spiro atoms. The molecule has 0 radical (unpaired) electrons. The maximum Gasteiger partial charge on any atom is 0.118 e. The number of rotatable bonds is 5. The largest absolute Gasteiger partial charge is 0.497 e. The van der Waals surface area contributed by atoms with E-state index in [4.69, 9.17) is 4.74 Å². The fraction of sp³-hybridized carbons (Fsp3) is 0.571. The zero-order valence-electron chi connectivity index (χ0n) is 16.9. The zero-order chi connectivity index (χ0) is 18.9. The molecule has 26 heavy (non-hydrogen) atoms. The molecule has 0 amide bonds. The van der Waals surface area contributed by atoms with Gasteiger partial charge in [-0.05, 0) is 37.9 Å². The summed E-state index contributed by atoms with van der Waals surface area (Å²) in [5.74, 6) is 1.41. The second-order valence-corrected chi connectivity index (χ2v) is 8.63. The quantitative estimate of drug-likeness (QED) is 0.893. The van der Waals surface area contributed by atoms with E-state index in [1.54, 1.807) is 7.11 Å². The van der Waals surface area contributed by atoms with Gasteiger partial charge >= 0.3 is 0 Å². The number of aromatic amines is 1. The Morgan fingerprint density at radius 1 is 1.19 bits per heavy atom. The van der Waals surface area contributed by atoms with Gasteiger partial charge in [-0.1, -0.05) is 32.9 Å². The van der Waals surface area contributed by atoms with Crippen molar-refractivity contribution in [1.29, 1.82) is 0 Å². The minimum Gasteiger partial charge on any atom is -0.497 e. The van der Waals surface area contributed by atoms with Crippen LogP contribution in [0, 0.1) is 0 Å². The molecule has 2 atom stereocenters. The van der Waals surface area contributed by atoms with E-state index in [1.807, 2.05) is 0 Å². The van der Waals surface area contributed by atoms with Crippen LogP contribution in [0.2, 0.25) is 0 Å². The average Bonchev–Trinajstić information content (AvgIpc) is 3.22. The lowest BCUT2D eigenvalue weighted by Gasteiger charge is -2.25. The van der Waals surface area contributed by atoms with Crippen LogP contribution in [0.4, 0.5) is 0 Å². The maximum absolute atomic E-state index is 5.30. The third-order valence-corrected chi connectivity index (χ3v) is 5.37. The first-order chi connectivity index (χ1) is 12.3. The van der Waals surface area contributed by atoms with E-state index in [2.05, 4.69) is 85.2 Å². The number of benzene rings is 1. The Balaban J connectivity index is 1.73. The first-order valence-corrected chi connectivity index (χ1v) is 9.35. The summed E-state index contributed by atoms with van der Waals surface area (Å²) >= 11 is 0. The van der Waals surface area contributed by atoms with Crippen LogP contribution in [-0.4, -0.2) is 60.3 Å². The van der Waals surface area contributed by atoms with Crippen LogP contribution >= 0.6 is 0 Å². The van der Waals surface area contributed by atoms with Gasteiger partial charge in [0.25, 0.3) is 0 Å². The van der Waals surface area contributed by atoms with E-state index in [1.165, 1.54) is 11.3 Å². The molecule has 1 aliphatic rings. The standard InChI is InChI=1S/C21H32N4O/c1-21(2,3)20-11-16(22-23-20)12-25-13-18(19(14-25)24(4)5)15-7-9-17(26-6)10-8-15/h7-11,18-19H,12-14H2,1-6H3,(H,22,23)/t18-,19+/m0/s1. The average molecular weight is 357 g/mol. The molecule has 5 nitrogen and oxygen atoms in total. The summed E-state index contributed by atoms with van der Waals surface area (Å²) in [5, 5.41) is 7.74. The van der Waals surface area contributed by atoms with Gasteiger partial charge in [-0.15, -0.1) is 0 Å². The highest BCUT2D eigenvalue weighted by Gasteiger charge is 2.35. The van der Waals surface area contributed by atoms with Crippen molar-refractivity contribution in [3.05, 3.63) is 47.3 Å². The fourth-order valence-electron chi connectivity index (χ4n) is 3.76. The lowest BCUT2D eigenvalue weighted by atomic mass is 9.92. The molecule has 5 heteroatoms. The van der Waals surface area contributed by atoms with Crippen molar-refractivity contribution in [2.75, 3.05) is 34.3 Å². The van der Waals surface area contributed by atoms with E-state index >= 15 is 0 Å². The topological polar surface area (TPSA) is 44.4 Å². The highest BCUT2D eigenvalue weighted by molar-refractivity contribution is 5.31. The summed E-state index contributed by atoms with van der Waals surface area (Å²) in [5.41, 5.74) is 3.79. The van der Waals surface area contributed by atoms with Crippen LogP contribution in [0.25, 0.3) is 0 Å². The molecule has 0 aliphatic carbocycles. The van der Waals surface area contributed by atoms with Crippen LogP contribution in [0.1, 0.15) is 43.6 Å². The molecule has 0 unspecified atom stereocenters. The van der Waals surface area contributed by atoms with Crippen LogP contribution in [-0.2, 0) is 12.0 Å². The van der Waals surface area contributed by atoms with Crippen LogP contribution in [0.3, 0.4) is 0 Å². The predicted octanol–water partition coefficient (Wildman–Crippen LogP) is 3.25. The van der Waals surface area contributed by atoms with Crippen molar-refractivity contribution < 1.29 is 4.74 Å². The smallest absolute Gasteiger partial charge is 0.118 e. The molecule has 1 N–H and O–H groups in total. The zero-order valence-corrected chi connectivity index (χ0v) is 16.9. The molecular weight excluding hydrogens is 324 g/mol. The molecule has 3 rings (SSSR count). The van der Waals surface area contributed by atoms with Gasteiger partial charge in [-0.25, -0.2) is 0 Å². The number of nitrogens with one attached hydrogen (secondary N) is 1. The predicted molar refractivity (Wildman–Crippen MR) is 106 cm³/mol. The molecule has 2 aromatic rings. The van der Waals surface area contributed by atoms with Crippen molar-refractivity contribution in [2.24, 2.45) is 0 Å². The highest BCUT2D eigenvalue weighted by atomic mass is 16.5. The van der Waals surface area contributed by atoms with Crippen molar-refractivity contribution in [2.45, 2.75) is 44.7 Å². The Labute approximate surface area is 157 Å². The van der Waals surface area contributed by atoms with E-state index in [-0.39, 0.29) is 5.41 Å². The number of likely N-dealkylation sites (N-methyl/N-ethyl adjacent to an activating group) is 1. The van der Waals surface area contributed by atoms with Gasteiger partial charge in [0.05, 0.1) is 12.8 Å². The summed E-state index contributed by atoms with van der Waals surface area (Å²) in [6.07, 6.45) is 0. The van der Waals surface area contributed by atoms with Gasteiger partial charge in [0.15, 0.2) is 0 Å². The molecule has 1 saturated heterocycles. The lowest BCUT2D eigenvalue weighted by Crippen LogP contribution is -2.34. The highest BCUT2D eigenvalue weighted by Crippen LogP contribution is 2.32. The number of hydrogen-bond donors (Lipinski definition) is 1. The molecule has 1 fully saturated rings. The number of hydrogen-bond acceptors (Lipinski definition) is 4. The Kier molecular flexibility index (Phi) is 5.39. The number of H-pyrrole nitrogens is 1. The van der Waals surface area contributed by atoms with Crippen LogP contribution in [0.15, 0.2) is 30.3 Å². The minimum atomic E-state index is 0.0809. The fourth-order valence-corrected chi connectivity index (χ4v) is 3.76. The maximum atomic E-state index is 5.30. The van der Waals surface area contributed by atoms with Crippen LogP contribution < -0.4 is 4.74 Å². The Morgan fingerprint density at radius 2 is 1.88 bits per heavy atom. The second kappa shape index (κ2) is 7.41. The monoisotopic (exact) mass is 356 g/mol. The molecule has 2 heterocycles. The third kappa shape index (κ3) is 4.10. The molecule has 0 bridgehead atoms. The van der Waals surface area contributed by atoms with Crippen molar-refractivity contribution in [1.82, 2.24) is 20.0 Å². The van der Waals surface area contributed by atoms with E-state index in [0.717, 1.165) is 31.1 Å². The van der Waals surface area contributed by atoms with E-state index in [9.17, 15) is 0 Å². The van der Waals surface area contributed by atoms with E-state index < -0.39 is 0 Å². The third-order valence-electron chi connectivity index (χ3n) is 5.37. The Hall–Kier alpha value is -1.85. The van der Waals surface area contributed by atoms with Crippen molar-refractivity contribution in [3.63, 3.8) is 0 Å². The number of nitrogens with zero attached hydrogens (tertiary/aromatic N) is 3. The van der Waals surface area contributed by atoms with Gasteiger partial charge in [0, 0.05) is 42.7 Å². The summed E-state index contributed by atoms with van der Waals surface area (Å²) in [7, 11) is 6.07. The SMILES string of the molecule is COc1ccc([C@@H]2CN(Cc3cc(C(C)(C)C)n[nH]3)C[C@H]2N(C)C)cc1. The normalized spacial score (nSPS) is 21.5. The van der Waals surface area contributed by atoms with Crippen molar-refractivity contribution >= 4 is 0 Å². The number of methoxy groups -OCH3 is 1. The van der Waals surface area contributed by atoms with Crippen molar-refractivity contribution in [3.8, 4) is 5.75 Å². The summed E-state index contributed by atoms with van der Waals surface area (Å²) in [6, 6.07) is 11.3. The molecular formula is C21H32N4O. The first kappa shape index (κ1) is 18.9. The summed E-state index contributed by atoms with van der Waals surface area (Å²) < 4.78 is 5.30. The molecule has 1 aliphatic heterocycles. The van der Waals surface area contributed by atoms with E-state index in [0.29, 0.717) is 12.0 Å². The summed E-state index contributed by atoms with van der Waals surface area (Å²) in [4.78, 5) is 4.88. The first-order valence-electron chi connectivity index (χ1n) is 9.35. The minimum absolute atomic E-state index is 0.0809. The van der Waals surface area contributed by atoms with Gasteiger partial charge in [0.2, 0.25) is 0 Å². The number of aromatic nitrogens is 2. The summed E-state index contributed by atoms with van der Waals surface area (Å²) in [6.45, 7) is 9.63. The molecule has 1 aromatic heterocycles. The Bertz CT molecular complexity index is 714. The van der Waals surface area contributed by atoms with Gasteiger partial charge in [-0.3, -0.25) is 10.00 Å². The second-order valence-electron chi connectivity index (χ2n) is 8.63. The van der Waals surface area contributed by atoms with Gasteiger partial charge in [-0.2, -0.15) is 5.10 Å². The number of ether oxygens (including phenoxy) is 1.